The molecule has 0 aliphatic carbocycles. The highest BCUT2D eigenvalue weighted by Gasteiger charge is 2.28. The van der Waals surface area contributed by atoms with Crippen molar-refractivity contribution in [1.29, 1.82) is 0 Å². The van der Waals surface area contributed by atoms with E-state index in [1.807, 2.05) is 24.3 Å². The quantitative estimate of drug-likeness (QED) is 0.140. The fourth-order valence-electron chi connectivity index (χ4n) is 6.85. The molecule has 42 heavy (non-hydrogen) atoms. The Morgan fingerprint density at radius 1 is 0.595 bits per heavy atom. The van der Waals surface area contributed by atoms with Crippen molar-refractivity contribution in [3.63, 3.8) is 0 Å². The van der Waals surface area contributed by atoms with E-state index in [0.717, 1.165) is 50.6 Å². The van der Waals surface area contributed by atoms with Gasteiger partial charge in [0.25, 0.3) is 0 Å². The fraction of sp³-hybridized carbons (Fsp3) is 0.471. The lowest BCUT2D eigenvalue weighted by molar-refractivity contribution is -0.698. The number of aromatic nitrogens is 4. The zero-order chi connectivity index (χ0) is 28.7. The number of nitrogens with two attached hydrogens (primary N) is 2. The average molecular weight is 569 g/mol. The lowest BCUT2D eigenvalue weighted by Gasteiger charge is -2.25. The molecular weight excluding hydrogens is 520 g/mol. The van der Waals surface area contributed by atoms with Crippen molar-refractivity contribution < 1.29 is 9.13 Å². The first-order valence-corrected chi connectivity index (χ1v) is 15.9. The molecule has 6 rings (SSSR count). The second-order valence-electron chi connectivity index (χ2n) is 12.3. The second-order valence-corrected chi connectivity index (χ2v) is 12.3. The van der Waals surface area contributed by atoms with Gasteiger partial charge in [0.2, 0.25) is 12.7 Å². The molecule has 2 aromatic heterocycles. The molecule has 0 saturated carbocycles. The number of rotatable bonds is 13. The highest BCUT2D eigenvalue weighted by Crippen LogP contribution is 2.27. The number of aryl methyl sites for hydroxylation is 2. The number of hydrogen-bond acceptors (Lipinski definition) is 4. The summed E-state index contributed by atoms with van der Waals surface area (Å²) < 4.78 is 9.44. The van der Waals surface area contributed by atoms with Crippen LogP contribution >= 0.6 is 0 Å². The van der Waals surface area contributed by atoms with Crippen LogP contribution in [-0.2, 0) is 26.2 Å². The third-order valence-corrected chi connectivity index (χ3v) is 9.12. The van der Waals surface area contributed by atoms with E-state index in [1.165, 1.54) is 62.7 Å². The van der Waals surface area contributed by atoms with Crippen LogP contribution in [0.25, 0.3) is 0 Å². The predicted octanol–water partition coefficient (Wildman–Crippen LogP) is 4.63. The van der Waals surface area contributed by atoms with Gasteiger partial charge in [-0.2, -0.15) is 0 Å². The van der Waals surface area contributed by atoms with Gasteiger partial charge in [-0.3, -0.25) is 0 Å². The standard InChI is InChI=1S/C34H48N8/c35-29-9-13-31(14-10-29)41-19-5-7-33(41)25-39-23-21-37(27-39)17-3-1-2-4-18-38-22-24-40(28-38)26-34-8-6-20-42(34)32-15-11-30(36)12-16-32/h9-16,21-24,27-28,33-34H,1-8,17-20,25-26,35-36H2/q+2. The third-order valence-electron chi connectivity index (χ3n) is 9.12. The van der Waals surface area contributed by atoms with Crippen molar-refractivity contribution in [2.24, 2.45) is 0 Å². The molecule has 222 valence electrons. The summed E-state index contributed by atoms with van der Waals surface area (Å²) in [6.07, 6.45) is 23.5. The molecule has 2 aliphatic rings. The molecule has 2 fully saturated rings. The molecule has 0 bridgehead atoms. The zero-order valence-electron chi connectivity index (χ0n) is 25.0. The molecule has 0 spiro atoms. The number of benzene rings is 2. The Labute approximate surface area is 250 Å². The van der Waals surface area contributed by atoms with Gasteiger partial charge < -0.3 is 21.3 Å². The van der Waals surface area contributed by atoms with E-state index in [4.69, 9.17) is 11.5 Å². The van der Waals surface area contributed by atoms with Gasteiger partial charge in [0.15, 0.2) is 0 Å². The lowest BCUT2D eigenvalue weighted by atomic mass is 10.2. The molecule has 8 heteroatoms. The smallest absolute Gasteiger partial charge is 0.243 e. The van der Waals surface area contributed by atoms with Gasteiger partial charge in [-0.25, -0.2) is 18.3 Å². The second kappa shape index (κ2) is 13.4. The van der Waals surface area contributed by atoms with Gasteiger partial charge in [-0.15, -0.1) is 0 Å². The van der Waals surface area contributed by atoms with Crippen molar-refractivity contribution in [2.45, 2.75) is 89.6 Å². The van der Waals surface area contributed by atoms with E-state index in [-0.39, 0.29) is 0 Å². The average Bonchev–Trinajstić information content (AvgIpc) is 3.81. The number of nitrogens with zero attached hydrogens (tertiary/aromatic N) is 6. The van der Waals surface area contributed by atoms with Crippen LogP contribution in [0.15, 0.2) is 86.0 Å². The van der Waals surface area contributed by atoms with E-state index in [9.17, 15) is 0 Å². The van der Waals surface area contributed by atoms with Crippen LogP contribution in [0.3, 0.4) is 0 Å². The van der Waals surface area contributed by atoms with E-state index in [1.54, 1.807) is 0 Å². The van der Waals surface area contributed by atoms with Crippen LogP contribution in [0, 0.1) is 0 Å². The monoisotopic (exact) mass is 568 g/mol. The predicted molar refractivity (Wildman–Crippen MR) is 170 cm³/mol. The number of nitrogen functional groups attached to an aromatic ring is 2. The van der Waals surface area contributed by atoms with Crippen molar-refractivity contribution in [1.82, 2.24) is 9.13 Å². The third kappa shape index (κ3) is 7.09. The summed E-state index contributed by atoms with van der Waals surface area (Å²) in [5.74, 6) is 0. The minimum atomic E-state index is 0.544. The highest BCUT2D eigenvalue weighted by molar-refractivity contribution is 5.55. The fourth-order valence-corrected chi connectivity index (χ4v) is 6.85. The first kappa shape index (κ1) is 28.2. The largest absolute Gasteiger partial charge is 0.399 e. The number of hydrogen-bond donors (Lipinski definition) is 2. The van der Waals surface area contributed by atoms with Crippen molar-refractivity contribution in [3.05, 3.63) is 86.0 Å². The van der Waals surface area contributed by atoms with Crippen molar-refractivity contribution in [3.8, 4) is 0 Å². The summed E-state index contributed by atoms with van der Waals surface area (Å²) >= 11 is 0. The maximum absolute atomic E-state index is 5.90. The van der Waals surface area contributed by atoms with Gasteiger partial charge in [0.1, 0.15) is 37.9 Å². The molecule has 2 aliphatic heterocycles. The number of imidazole rings is 2. The van der Waals surface area contributed by atoms with E-state index in [2.05, 4.69) is 89.8 Å². The van der Waals surface area contributed by atoms with Crippen LogP contribution in [-0.4, -0.2) is 34.3 Å². The highest BCUT2D eigenvalue weighted by atomic mass is 15.2. The Morgan fingerprint density at radius 2 is 1.02 bits per heavy atom. The van der Waals surface area contributed by atoms with Crippen LogP contribution < -0.4 is 30.4 Å². The van der Waals surface area contributed by atoms with Gasteiger partial charge in [0.05, 0.1) is 25.2 Å². The minimum Gasteiger partial charge on any atom is -0.399 e. The van der Waals surface area contributed by atoms with Crippen molar-refractivity contribution >= 4 is 22.7 Å². The molecule has 2 unspecified atom stereocenters. The summed E-state index contributed by atoms with van der Waals surface area (Å²) in [5, 5.41) is 0. The molecule has 0 radical (unpaired) electrons. The van der Waals surface area contributed by atoms with E-state index < -0.39 is 0 Å². The van der Waals surface area contributed by atoms with Crippen LogP contribution in [0.1, 0.15) is 51.4 Å². The minimum absolute atomic E-state index is 0.544. The molecule has 4 N–H and O–H groups in total. The molecular formula is C34H48N8+2. The Balaban J connectivity index is 0.886. The topological polar surface area (TPSA) is 76.1 Å². The molecule has 8 nitrogen and oxygen atoms in total. The summed E-state index contributed by atoms with van der Waals surface area (Å²) in [7, 11) is 0. The molecule has 4 aromatic rings. The summed E-state index contributed by atoms with van der Waals surface area (Å²) in [6.45, 7) is 6.51. The van der Waals surface area contributed by atoms with Gasteiger partial charge in [-0.1, -0.05) is 0 Å². The lowest BCUT2D eigenvalue weighted by Crippen LogP contribution is -2.44. The summed E-state index contributed by atoms with van der Waals surface area (Å²) in [4.78, 5) is 5.09. The molecule has 2 atom stereocenters. The maximum Gasteiger partial charge on any atom is 0.243 e. The van der Waals surface area contributed by atoms with Crippen LogP contribution in [0.4, 0.5) is 22.7 Å². The first-order chi connectivity index (χ1) is 20.6. The van der Waals surface area contributed by atoms with Gasteiger partial charge >= 0.3 is 0 Å². The summed E-state index contributed by atoms with van der Waals surface area (Å²) in [6, 6.07) is 17.8. The van der Waals surface area contributed by atoms with E-state index in [0.29, 0.717) is 12.1 Å². The zero-order valence-corrected chi connectivity index (χ0v) is 25.0. The molecule has 2 saturated heterocycles. The van der Waals surface area contributed by atoms with Crippen LogP contribution in [0.5, 0.6) is 0 Å². The Bertz CT molecular complexity index is 1280. The van der Waals surface area contributed by atoms with Gasteiger partial charge in [-0.05, 0) is 99.9 Å². The first-order valence-electron chi connectivity index (χ1n) is 15.9. The Morgan fingerprint density at radius 3 is 1.45 bits per heavy atom. The van der Waals surface area contributed by atoms with Crippen molar-refractivity contribution in [2.75, 3.05) is 34.4 Å². The number of anilines is 4. The molecule has 2 aromatic carbocycles. The SMILES string of the molecule is Nc1ccc(N2CCCC2C[n+]2ccn(CCCCCCn3cc[n+](CC4CCCN4c4ccc(N)cc4)c3)c2)cc1. The number of unbranched alkanes of at least 4 members (excludes halogenated alkanes) is 3. The van der Waals surface area contributed by atoms with E-state index >= 15 is 0 Å². The maximum atomic E-state index is 5.90. The van der Waals surface area contributed by atoms with Crippen LogP contribution in [0.2, 0.25) is 0 Å². The summed E-state index contributed by atoms with van der Waals surface area (Å²) in [5.41, 5.74) is 16.0. The Kier molecular flexibility index (Phi) is 8.97. The molecule has 4 heterocycles. The Hall–Kier alpha value is -3.94. The normalized spacial score (nSPS) is 18.8. The molecule has 0 amide bonds. The van der Waals surface area contributed by atoms with Gasteiger partial charge in [0, 0.05) is 35.8 Å².